The van der Waals surface area contributed by atoms with E-state index in [0.29, 0.717) is 0 Å². The zero-order chi connectivity index (χ0) is 35.3. The van der Waals surface area contributed by atoms with E-state index in [4.69, 9.17) is 4.42 Å². The van der Waals surface area contributed by atoms with Gasteiger partial charge in [-0.1, -0.05) is 140 Å². The van der Waals surface area contributed by atoms with E-state index in [-0.39, 0.29) is 0 Å². The highest BCUT2D eigenvalue weighted by atomic mass is 32.1. The number of furan rings is 1. The molecule has 0 unspecified atom stereocenters. The van der Waals surface area contributed by atoms with Crippen molar-refractivity contribution in [1.82, 2.24) is 0 Å². The summed E-state index contributed by atoms with van der Waals surface area (Å²) < 4.78 is 9.06. The number of hydrogen-bond acceptors (Lipinski definition) is 2. The lowest BCUT2D eigenvalue weighted by molar-refractivity contribution is 0.670. The Balaban J connectivity index is 1.03. The maximum absolute atomic E-state index is 6.50. The summed E-state index contributed by atoms with van der Waals surface area (Å²) in [5.74, 6) is 0. The van der Waals surface area contributed by atoms with Crippen LogP contribution in [0.5, 0.6) is 0 Å². The molecule has 2 aromatic heterocycles. The van der Waals surface area contributed by atoms with Crippen molar-refractivity contribution >= 4 is 96.5 Å². The zero-order valence-electron chi connectivity index (χ0n) is 29.1. The van der Waals surface area contributed by atoms with Crippen LogP contribution in [0.25, 0.3) is 119 Å². The fourth-order valence-corrected chi connectivity index (χ4v) is 10.1. The van der Waals surface area contributed by atoms with Crippen LogP contribution >= 0.6 is 11.3 Å². The minimum absolute atomic E-state index is 0.937. The molecule has 0 aliphatic heterocycles. The predicted octanol–water partition coefficient (Wildman–Crippen LogP) is 15.6. The van der Waals surface area contributed by atoms with Crippen LogP contribution in [0, 0.1) is 0 Å². The van der Waals surface area contributed by atoms with Gasteiger partial charge in [0.25, 0.3) is 0 Å². The van der Waals surface area contributed by atoms with Crippen LogP contribution in [-0.4, -0.2) is 0 Å². The fraction of sp³-hybridized carbons (Fsp3) is 0. The monoisotopic (exact) mass is 702 g/mol. The lowest BCUT2D eigenvalue weighted by atomic mass is 9.85. The van der Waals surface area contributed by atoms with Crippen LogP contribution in [-0.2, 0) is 0 Å². The molecule has 1 nitrogen and oxygen atoms in total. The predicted molar refractivity (Wildman–Crippen MR) is 233 cm³/mol. The van der Waals surface area contributed by atoms with Crippen LogP contribution in [0.2, 0.25) is 0 Å². The summed E-state index contributed by atoms with van der Waals surface area (Å²) in [4.78, 5) is 0. The Kier molecular flexibility index (Phi) is 6.28. The number of hydrogen-bond donors (Lipinski definition) is 0. The molecule has 0 bridgehead atoms. The first-order chi connectivity index (χ1) is 26.7. The number of fused-ring (bicyclic) bond motifs is 11. The average molecular weight is 703 g/mol. The van der Waals surface area contributed by atoms with Gasteiger partial charge < -0.3 is 4.42 Å². The Morgan fingerprint density at radius 1 is 0.296 bits per heavy atom. The van der Waals surface area contributed by atoms with Crippen molar-refractivity contribution in [2.45, 2.75) is 0 Å². The average Bonchev–Trinajstić information content (AvgIpc) is 3.78. The molecule has 0 saturated heterocycles. The van der Waals surface area contributed by atoms with Crippen molar-refractivity contribution in [2.24, 2.45) is 0 Å². The summed E-state index contributed by atoms with van der Waals surface area (Å²) in [5, 5.41) is 14.9. The van der Waals surface area contributed by atoms with Crippen LogP contribution in [0.4, 0.5) is 0 Å². The normalized spacial score (nSPS) is 12.1. The largest absolute Gasteiger partial charge is 0.456 e. The van der Waals surface area contributed by atoms with Gasteiger partial charge in [-0.25, -0.2) is 0 Å². The van der Waals surface area contributed by atoms with Gasteiger partial charge in [-0.2, -0.15) is 0 Å². The fourth-order valence-electron chi connectivity index (χ4n) is 8.94. The number of rotatable bonds is 3. The molecule has 0 fully saturated rings. The number of thiophene rings is 1. The first-order valence-electron chi connectivity index (χ1n) is 18.5. The van der Waals surface area contributed by atoms with E-state index in [1.807, 2.05) is 11.3 Å². The standard InChI is InChI=1S/C52H30OS/c1-2-12-33-26-37(21-20-31(33)10-1)51-41-18-7-5-16-39(41)50(40-17-6-8-19-42(40)51)36-14-9-13-34(27-36)35-23-25-48-43(28-35)44-29-47-45(30-49(44)54-48)52-38-15-4-3-11-32(38)22-24-46(52)53-47/h1-30H. The topological polar surface area (TPSA) is 13.1 Å². The van der Waals surface area contributed by atoms with Crippen molar-refractivity contribution in [3.05, 3.63) is 182 Å². The molecule has 0 N–H and O–H groups in total. The van der Waals surface area contributed by atoms with Gasteiger partial charge >= 0.3 is 0 Å². The molecule has 0 atom stereocenters. The van der Waals surface area contributed by atoms with Gasteiger partial charge in [-0.05, 0) is 119 Å². The summed E-state index contributed by atoms with van der Waals surface area (Å²) in [6.07, 6.45) is 0. The van der Waals surface area contributed by atoms with E-state index >= 15 is 0 Å². The minimum atomic E-state index is 0.937. The third-order valence-corrected chi connectivity index (χ3v) is 12.5. The van der Waals surface area contributed by atoms with Crippen molar-refractivity contribution in [3.8, 4) is 33.4 Å². The van der Waals surface area contributed by atoms with Gasteiger partial charge in [0.05, 0.1) is 0 Å². The van der Waals surface area contributed by atoms with Gasteiger partial charge in [0.2, 0.25) is 0 Å². The second-order valence-corrected chi connectivity index (χ2v) is 15.5. The van der Waals surface area contributed by atoms with E-state index in [9.17, 15) is 0 Å². The Bertz CT molecular complexity index is 3450. The molecule has 0 saturated carbocycles. The Morgan fingerprint density at radius 2 is 0.870 bits per heavy atom. The highest BCUT2D eigenvalue weighted by molar-refractivity contribution is 7.25. The third-order valence-electron chi connectivity index (χ3n) is 11.4. The SMILES string of the molecule is c1cc(-c2ccc3sc4cc5c(cc4c3c2)oc2ccc3ccccc3c25)cc(-c2c3ccccc3c(-c3ccc4ccccc4c3)c3ccccc23)c1. The van der Waals surface area contributed by atoms with Crippen LogP contribution < -0.4 is 0 Å². The van der Waals surface area contributed by atoms with Gasteiger partial charge in [-0.3, -0.25) is 0 Å². The second-order valence-electron chi connectivity index (χ2n) is 14.4. The molecule has 0 amide bonds. The highest BCUT2D eigenvalue weighted by Crippen LogP contribution is 2.46. The van der Waals surface area contributed by atoms with Gasteiger partial charge in [0.1, 0.15) is 11.2 Å². The first kappa shape index (κ1) is 29.8. The molecule has 12 rings (SSSR count). The van der Waals surface area contributed by atoms with Gasteiger partial charge in [-0.15, -0.1) is 11.3 Å². The highest BCUT2D eigenvalue weighted by Gasteiger charge is 2.18. The molecule has 0 radical (unpaired) electrons. The van der Waals surface area contributed by atoms with Crippen LogP contribution in [0.15, 0.2) is 186 Å². The quantitative estimate of drug-likeness (QED) is 0.167. The van der Waals surface area contributed by atoms with Crippen molar-refractivity contribution in [2.75, 3.05) is 0 Å². The molecule has 10 aromatic carbocycles. The van der Waals surface area contributed by atoms with E-state index in [0.717, 1.165) is 11.2 Å². The molecule has 0 aliphatic carbocycles. The molecule has 2 heterocycles. The van der Waals surface area contributed by atoms with E-state index in [1.54, 1.807) is 0 Å². The van der Waals surface area contributed by atoms with Gasteiger partial charge in [0.15, 0.2) is 0 Å². The molecule has 250 valence electrons. The summed E-state index contributed by atoms with van der Waals surface area (Å²) in [6, 6.07) is 66.8. The van der Waals surface area contributed by atoms with Crippen LogP contribution in [0.1, 0.15) is 0 Å². The van der Waals surface area contributed by atoms with Crippen molar-refractivity contribution in [3.63, 3.8) is 0 Å². The van der Waals surface area contributed by atoms with E-state index in [1.165, 1.54) is 107 Å². The molecule has 0 aliphatic rings. The maximum Gasteiger partial charge on any atom is 0.136 e. The Labute approximate surface area is 314 Å². The van der Waals surface area contributed by atoms with Crippen molar-refractivity contribution in [1.29, 1.82) is 0 Å². The zero-order valence-corrected chi connectivity index (χ0v) is 30.0. The Morgan fingerprint density at radius 3 is 1.63 bits per heavy atom. The van der Waals surface area contributed by atoms with E-state index in [2.05, 4.69) is 182 Å². The summed E-state index contributed by atoms with van der Waals surface area (Å²) in [5.41, 5.74) is 9.31. The Hall–Kier alpha value is -6.74. The molecule has 2 heteroatoms. The maximum atomic E-state index is 6.50. The molecule has 0 spiro atoms. The summed E-state index contributed by atoms with van der Waals surface area (Å²) in [7, 11) is 0. The van der Waals surface area contributed by atoms with Crippen molar-refractivity contribution < 1.29 is 4.42 Å². The molecular formula is C52H30OS. The molecule has 54 heavy (non-hydrogen) atoms. The van der Waals surface area contributed by atoms with Crippen LogP contribution in [0.3, 0.4) is 0 Å². The minimum Gasteiger partial charge on any atom is -0.456 e. The van der Waals surface area contributed by atoms with Gasteiger partial charge in [0, 0.05) is 30.9 Å². The number of benzene rings is 10. The third kappa shape index (κ3) is 4.38. The lowest BCUT2D eigenvalue weighted by Crippen LogP contribution is -1.91. The summed E-state index contributed by atoms with van der Waals surface area (Å²) >= 11 is 1.86. The van der Waals surface area contributed by atoms with E-state index < -0.39 is 0 Å². The molecule has 12 aromatic rings. The molecular weight excluding hydrogens is 673 g/mol. The first-order valence-corrected chi connectivity index (χ1v) is 19.3. The lowest BCUT2D eigenvalue weighted by Gasteiger charge is -2.18. The summed E-state index contributed by atoms with van der Waals surface area (Å²) in [6.45, 7) is 0. The second kappa shape index (κ2) is 11.4. The smallest absolute Gasteiger partial charge is 0.136 e.